The summed E-state index contributed by atoms with van der Waals surface area (Å²) in [4.78, 5) is 12.2. The maximum atomic E-state index is 5.69. The molecule has 3 heterocycles. The third kappa shape index (κ3) is 2.35. The number of rotatable bonds is 1. The zero-order valence-corrected chi connectivity index (χ0v) is 12.7. The Morgan fingerprint density at radius 2 is 1.90 bits per heavy atom. The van der Waals surface area contributed by atoms with Gasteiger partial charge in [-0.3, -0.25) is 4.98 Å². The van der Waals surface area contributed by atoms with Crippen molar-refractivity contribution in [2.45, 2.75) is 6.42 Å². The third-order valence-electron chi connectivity index (χ3n) is 3.32. The number of hydrogen-bond acceptors (Lipinski definition) is 4. The second-order valence-electron chi connectivity index (χ2n) is 4.81. The number of nitrogens with one attached hydrogen (secondary N) is 1. The van der Waals surface area contributed by atoms with Gasteiger partial charge in [0.2, 0.25) is 0 Å². The summed E-state index contributed by atoms with van der Waals surface area (Å²) in [5.41, 5.74) is 2.56. The van der Waals surface area contributed by atoms with Crippen LogP contribution in [0.3, 0.4) is 0 Å². The monoisotopic (exact) mass is 345 g/mol. The maximum Gasteiger partial charge on any atom is 0.163 e. The summed E-state index contributed by atoms with van der Waals surface area (Å²) >= 11 is 3.38. The van der Waals surface area contributed by atoms with Crippen LogP contribution >= 0.6 is 15.9 Å². The molecule has 0 aliphatic carbocycles. The van der Waals surface area contributed by atoms with Gasteiger partial charge >= 0.3 is 0 Å². The lowest BCUT2D eigenvalue weighted by Gasteiger charge is -2.05. The first-order valence-corrected chi connectivity index (χ1v) is 7.50. The number of benzene rings is 1. The minimum atomic E-state index is 0.671. The molecule has 2 aromatic heterocycles. The van der Waals surface area contributed by atoms with E-state index in [-0.39, 0.29) is 0 Å². The van der Waals surface area contributed by atoms with Gasteiger partial charge in [-0.05, 0) is 28.1 Å². The fourth-order valence-electron chi connectivity index (χ4n) is 2.30. The molecule has 0 saturated carbocycles. The second-order valence-corrected chi connectivity index (χ2v) is 5.73. The number of imidazole rings is 1. The molecule has 0 atom stereocenters. The summed E-state index contributed by atoms with van der Waals surface area (Å²) < 4.78 is 12.3. The van der Waals surface area contributed by atoms with Crippen molar-refractivity contribution in [1.82, 2.24) is 15.0 Å². The molecule has 1 aromatic carbocycles. The van der Waals surface area contributed by atoms with Gasteiger partial charge in [-0.25, -0.2) is 4.98 Å². The van der Waals surface area contributed by atoms with Crippen molar-refractivity contribution in [3.63, 3.8) is 0 Å². The maximum absolute atomic E-state index is 5.69. The van der Waals surface area contributed by atoms with E-state index >= 15 is 0 Å². The topological polar surface area (TPSA) is 60.0 Å². The van der Waals surface area contributed by atoms with E-state index in [4.69, 9.17) is 9.47 Å². The smallest absolute Gasteiger partial charge is 0.163 e. The zero-order chi connectivity index (χ0) is 14.2. The standard InChI is InChI=1S/C15H12BrN3O2/c16-9-2-3-10(17-8-9)15-18-11-6-13-14(7-12(11)19-15)21-5-1-4-20-13/h2-3,6-8H,1,4-5H2,(H,18,19). The van der Waals surface area contributed by atoms with Gasteiger partial charge in [-0.2, -0.15) is 0 Å². The van der Waals surface area contributed by atoms with Crippen LogP contribution in [0, 0.1) is 0 Å². The van der Waals surface area contributed by atoms with Crippen LogP contribution in [0.25, 0.3) is 22.6 Å². The highest BCUT2D eigenvalue weighted by atomic mass is 79.9. The normalized spacial score (nSPS) is 14.1. The number of halogens is 1. The van der Waals surface area contributed by atoms with Crippen LogP contribution in [-0.4, -0.2) is 28.2 Å². The predicted octanol–water partition coefficient (Wildman–Crippen LogP) is 3.55. The molecule has 0 spiro atoms. The first-order chi connectivity index (χ1) is 10.3. The van der Waals surface area contributed by atoms with Crippen molar-refractivity contribution in [3.8, 4) is 23.0 Å². The van der Waals surface area contributed by atoms with Crippen LogP contribution in [0.5, 0.6) is 11.5 Å². The van der Waals surface area contributed by atoms with E-state index < -0.39 is 0 Å². The van der Waals surface area contributed by atoms with Crippen LogP contribution in [-0.2, 0) is 0 Å². The lowest BCUT2D eigenvalue weighted by Crippen LogP contribution is -1.97. The Balaban J connectivity index is 1.81. The number of fused-ring (bicyclic) bond motifs is 2. The molecule has 6 heteroatoms. The molecule has 0 radical (unpaired) electrons. The zero-order valence-electron chi connectivity index (χ0n) is 11.1. The van der Waals surface area contributed by atoms with Crippen molar-refractivity contribution in [2.24, 2.45) is 0 Å². The van der Waals surface area contributed by atoms with Gasteiger partial charge in [0.05, 0.1) is 24.2 Å². The molecule has 1 aliphatic rings. The molecule has 1 aliphatic heterocycles. The van der Waals surface area contributed by atoms with E-state index in [1.807, 2.05) is 24.3 Å². The summed E-state index contributed by atoms with van der Waals surface area (Å²) in [6.07, 6.45) is 2.65. The molecule has 0 amide bonds. The number of aromatic nitrogens is 3. The van der Waals surface area contributed by atoms with E-state index in [1.54, 1.807) is 6.20 Å². The fourth-order valence-corrected chi connectivity index (χ4v) is 2.54. The molecule has 1 N–H and O–H groups in total. The fraction of sp³-hybridized carbons (Fsp3) is 0.200. The molecular weight excluding hydrogens is 334 g/mol. The number of H-pyrrole nitrogens is 1. The molecule has 0 saturated heterocycles. The highest BCUT2D eigenvalue weighted by Gasteiger charge is 2.14. The van der Waals surface area contributed by atoms with Gasteiger partial charge in [-0.15, -0.1) is 0 Å². The average molecular weight is 346 g/mol. The van der Waals surface area contributed by atoms with E-state index in [0.717, 1.165) is 44.9 Å². The van der Waals surface area contributed by atoms with Gasteiger partial charge in [0, 0.05) is 29.2 Å². The van der Waals surface area contributed by atoms with Crippen molar-refractivity contribution in [3.05, 3.63) is 34.9 Å². The average Bonchev–Trinajstić information content (AvgIpc) is 2.76. The minimum Gasteiger partial charge on any atom is -0.489 e. The lowest BCUT2D eigenvalue weighted by atomic mass is 10.3. The van der Waals surface area contributed by atoms with Gasteiger partial charge in [0.25, 0.3) is 0 Å². The quantitative estimate of drug-likeness (QED) is 0.732. The summed E-state index contributed by atoms with van der Waals surface area (Å²) in [6.45, 7) is 1.35. The third-order valence-corrected chi connectivity index (χ3v) is 3.79. The SMILES string of the molecule is Brc1ccc(-c2nc3cc4c(cc3[nH]2)OCCCO4)nc1. The van der Waals surface area contributed by atoms with Gasteiger partial charge in [0.1, 0.15) is 5.69 Å². The lowest BCUT2D eigenvalue weighted by molar-refractivity contribution is 0.297. The molecule has 0 fully saturated rings. The van der Waals surface area contributed by atoms with Crippen LogP contribution in [0.15, 0.2) is 34.9 Å². The molecule has 3 aromatic rings. The van der Waals surface area contributed by atoms with Crippen molar-refractivity contribution in [1.29, 1.82) is 0 Å². The van der Waals surface area contributed by atoms with Crippen molar-refractivity contribution in [2.75, 3.05) is 13.2 Å². The van der Waals surface area contributed by atoms with E-state index in [9.17, 15) is 0 Å². The summed E-state index contributed by atoms with van der Waals surface area (Å²) in [5.74, 6) is 2.25. The summed E-state index contributed by atoms with van der Waals surface area (Å²) in [6, 6.07) is 7.71. The largest absolute Gasteiger partial charge is 0.489 e. The molecule has 21 heavy (non-hydrogen) atoms. The molecule has 5 nitrogen and oxygen atoms in total. The minimum absolute atomic E-state index is 0.671. The Morgan fingerprint density at radius 1 is 1.10 bits per heavy atom. The van der Waals surface area contributed by atoms with Gasteiger partial charge in [0.15, 0.2) is 17.3 Å². The molecule has 0 bridgehead atoms. The highest BCUT2D eigenvalue weighted by molar-refractivity contribution is 9.10. The van der Waals surface area contributed by atoms with Gasteiger partial charge in [-0.1, -0.05) is 0 Å². The summed E-state index contributed by atoms with van der Waals surface area (Å²) in [5, 5.41) is 0. The van der Waals surface area contributed by atoms with Crippen LogP contribution < -0.4 is 9.47 Å². The van der Waals surface area contributed by atoms with Crippen LogP contribution in [0.2, 0.25) is 0 Å². The Morgan fingerprint density at radius 3 is 2.67 bits per heavy atom. The first kappa shape index (κ1) is 12.6. The Labute approximate surface area is 129 Å². The first-order valence-electron chi connectivity index (χ1n) is 6.71. The number of ether oxygens (including phenoxy) is 2. The molecular formula is C15H12BrN3O2. The van der Waals surface area contributed by atoms with Crippen molar-refractivity contribution < 1.29 is 9.47 Å². The number of aromatic amines is 1. The number of hydrogen-bond donors (Lipinski definition) is 1. The predicted molar refractivity (Wildman–Crippen MR) is 82.6 cm³/mol. The Kier molecular flexibility index (Phi) is 3.03. The number of nitrogens with zero attached hydrogens (tertiary/aromatic N) is 2. The van der Waals surface area contributed by atoms with Crippen LogP contribution in [0.4, 0.5) is 0 Å². The Bertz CT molecular complexity index is 756. The molecule has 0 unspecified atom stereocenters. The van der Waals surface area contributed by atoms with E-state index in [0.29, 0.717) is 13.2 Å². The van der Waals surface area contributed by atoms with Crippen molar-refractivity contribution >= 4 is 27.0 Å². The summed E-state index contributed by atoms with van der Waals surface area (Å²) in [7, 11) is 0. The Hall–Kier alpha value is -2.08. The second kappa shape index (κ2) is 5.04. The highest BCUT2D eigenvalue weighted by Crippen LogP contribution is 2.34. The van der Waals surface area contributed by atoms with Crippen LogP contribution in [0.1, 0.15) is 6.42 Å². The van der Waals surface area contributed by atoms with E-state index in [1.165, 1.54) is 0 Å². The van der Waals surface area contributed by atoms with E-state index in [2.05, 4.69) is 30.9 Å². The van der Waals surface area contributed by atoms with Gasteiger partial charge < -0.3 is 14.5 Å². The molecule has 4 rings (SSSR count). The molecule has 106 valence electrons. The number of pyridine rings is 1.